The van der Waals surface area contributed by atoms with Gasteiger partial charge in [0.05, 0.1) is 4.90 Å². The summed E-state index contributed by atoms with van der Waals surface area (Å²) in [5.74, 6) is -0.0190. The van der Waals surface area contributed by atoms with E-state index < -0.39 is 10.0 Å². The van der Waals surface area contributed by atoms with E-state index in [0.717, 1.165) is 24.9 Å². The van der Waals surface area contributed by atoms with E-state index in [-0.39, 0.29) is 23.2 Å². The molecule has 0 fully saturated rings. The first kappa shape index (κ1) is 19.9. The summed E-state index contributed by atoms with van der Waals surface area (Å²) in [5.41, 5.74) is 1.59. The summed E-state index contributed by atoms with van der Waals surface area (Å²) in [6.45, 7) is 3.90. The Labute approximate surface area is 143 Å². The lowest BCUT2D eigenvalue weighted by molar-refractivity contribution is -0.116. The number of carbonyl (C=O) groups is 1. The van der Waals surface area contributed by atoms with Gasteiger partial charge in [-0.05, 0) is 49.6 Å². The molecule has 130 valence electrons. The number of halogens is 1. The van der Waals surface area contributed by atoms with Crippen LogP contribution in [0.1, 0.15) is 31.7 Å². The third-order valence-electron chi connectivity index (χ3n) is 3.53. The summed E-state index contributed by atoms with van der Waals surface area (Å²) in [5, 5.41) is 5.95. The van der Waals surface area contributed by atoms with Crippen molar-refractivity contribution in [2.75, 3.05) is 25.0 Å². The molecule has 0 aromatic heterocycles. The highest BCUT2D eigenvalue weighted by molar-refractivity contribution is 7.89. The fourth-order valence-corrected chi connectivity index (χ4v) is 3.46. The largest absolute Gasteiger partial charge is 0.326 e. The summed E-state index contributed by atoms with van der Waals surface area (Å²) in [6.07, 6.45) is 2.92. The van der Waals surface area contributed by atoms with Gasteiger partial charge in [-0.2, -0.15) is 0 Å². The third kappa shape index (κ3) is 5.76. The molecule has 1 heterocycles. The maximum absolute atomic E-state index is 12.3. The Morgan fingerprint density at radius 2 is 1.96 bits per heavy atom. The highest BCUT2D eigenvalue weighted by Crippen LogP contribution is 2.24. The van der Waals surface area contributed by atoms with E-state index in [9.17, 15) is 13.2 Å². The van der Waals surface area contributed by atoms with Crippen LogP contribution in [0.5, 0.6) is 0 Å². The minimum atomic E-state index is -3.51. The van der Waals surface area contributed by atoms with Gasteiger partial charge < -0.3 is 10.6 Å². The van der Waals surface area contributed by atoms with Crippen LogP contribution in [0.3, 0.4) is 0 Å². The van der Waals surface area contributed by atoms with E-state index in [0.29, 0.717) is 31.6 Å². The van der Waals surface area contributed by atoms with Crippen LogP contribution in [-0.2, 0) is 21.2 Å². The summed E-state index contributed by atoms with van der Waals surface area (Å²) in [4.78, 5) is 11.8. The van der Waals surface area contributed by atoms with Crippen molar-refractivity contribution in [1.82, 2.24) is 10.0 Å². The van der Waals surface area contributed by atoms with Crippen LogP contribution in [0.25, 0.3) is 0 Å². The number of nitrogens with one attached hydrogen (secondary N) is 3. The molecule has 0 aliphatic carbocycles. The van der Waals surface area contributed by atoms with Gasteiger partial charge in [-0.15, -0.1) is 12.4 Å². The molecule has 3 N–H and O–H groups in total. The van der Waals surface area contributed by atoms with Gasteiger partial charge in [0.15, 0.2) is 0 Å². The Morgan fingerprint density at radius 3 is 2.70 bits per heavy atom. The number of rotatable bonds is 7. The van der Waals surface area contributed by atoms with Crippen LogP contribution in [0.4, 0.5) is 5.69 Å². The second-order valence-corrected chi connectivity index (χ2v) is 7.14. The van der Waals surface area contributed by atoms with Crippen LogP contribution in [0.2, 0.25) is 0 Å². The molecule has 1 aromatic rings. The normalized spacial score (nSPS) is 14.4. The van der Waals surface area contributed by atoms with Crippen molar-refractivity contribution in [3.63, 3.8) is 0 Å². The van der Waals surface area contributed by atoms with E-state index in [4.69, 9.17) is 0 Å². The van der Waals surface area contributed by atoms with Crippen molar-refractivity contribution in [2.45, 2.75) is 37.5 Å². The average Bonchev–Trinajstić information content (AvgIpc) is 2.66. The minimum Gasteiger partial charge on any atom is -0.326 e. The Balaban J connectivity index is 0.00000264. The molecule has 1 amide bonds. The Kier molecular flexibility index (Phi) is 7.98. The Bertz CT molecular complexity index is 635. The summed E-state index contributed by atoms with van der Waals surface area (Å²) < 4.78 is 27.1. The molecule has 0 bridgehead atoms. The van der Waals surface area contributed by atoms with Gasteiger partial charge in [0.1, 0.15) is 0 Å². The average molecular weight is 362 g/mol. The molecular formula is C15H24ClN3O3S. The fraction of sp³-hybridized carbons (Fsp3) is 0.533. The van der Waals surface area contributed by atoms with E-state index in [1.165, 1.54) is 6.07 Å². The van der Waals surface area contributed by atoms with Gasteiger partial charge >= 0.3 is 0 Å². The Hall–Kier alpha value is -1.15. The molecule has 1 aliphatic rings. The number of anilines is 1. The van der Waals surface area contributed by atoms with Crippen LogP contribution >= 0.6 is 12.4 Å². The second-order valence-electron chi connectivity index (χ2n) is 5.37. The molecule has 1 aliphatic heterocycles. The van der Waals surface area contributed by atoms with Gasteiger partial charge in [0, 0.05) is 25.2 Å². The van der Waals surface area contributed by atoms with Crippen molar-refractivity contribution >= 4 is 34.0 Å². The van der Waals surface area contributed by atoms with Gasteiger partial charge in [-0.1, -0.05) is 6.92 Å². The number of carbonyl (C=O) groups excluding carboxylic acids is 1. The lowest BCUT2D eigenvalue weighted by atomic mass is 10.1. The summed E-state index contributed by atoms with van der Waals surface area (Å²) >= 11 is 0. The van der Waals surface area contributed by atoms with Crippen molar-refractivity contribution in [1.29, 1.82) is 0 Å². The van der Waals surface area contributed by atoms with Crippen molar-refractivity contribution in [3.8, 4) is 0 Å². The summed E-state index contributed by atoms with van der Waals surface area (Å²) in [6, 6.07) is 4.86. The highest BCUT2D eigenvalue weighted by Gasteiger charge is 2.18. The molecule has 0 saturated carbocycles. The number of sulfonamides is 1. The maximum Gasteiger partial charge on any atom is 0.240 e. The predicted molar refractivity (Wildman–Crippen MR) is 93.6 cm³/mol. The molecule has 0 radical (unpaired) electrons. The first-order valence-electron chi connectivity index (χ1n) is 7.66. The molecule has 1 aromatic carbocycles. The smallest absolute Gasteiger partial charge is 0.240 e. The minimum absolute atomic E-state index is 0. The molecule has 8 heteroatoms. The lowest BCUT2D eigenvalue weighted by Gasteiger charge is -2.11. The second kappa shape index (κ2) is 9.22. The van der Waals surface area contributed by atoms with Crippen LogP contribution in [0.15, 0.2) is 23.1 Å². The topological polar surface area (TPSA) is 87.3 Å². The first-order valence-corrected chi connectivity index (χ1v) is 9.14. The quantitative estimate of drug-likeness (QED) is 0.644. The summed E-state index contributed by atoms with van der Waals surface area (Å²) in [7, 11) is -3.51. The predicted octanol–water partition coefficient (Wildman–Crippen LogP) is 1.66. The molecule has 6 nitrogen and oxygen atoms in total. The number of hydrogen-bond acceptors (Lipinski definition) is 4. The van der Waals surface area contributed by atoms with E-state index in [2.05, 4.69) is 22.3 Å². The zero-order chi connectivity index (χ0) is 16.0. The number of aryl methyl sites for hydroxylation is 1. The number of amides is 1. The molecule has 0 atom stereocenters. The highest BCUT2D eigenvalue weighted by atomic mass is 35.5. The van der Waals surface area contributed by atoms with Gasteiger partial charge in [-0.3, -0.25) is 4.79 Å². The number of benzene rings is 1. The zero-order valence-corrected chi connectivity index (χ0v) is 14.9. The fourth-order valence-electron chi connectivity index (χ4n) is 2.38. The number of hydrogen-bond donors (Lipinski definition) is 3. The SMILES string of the molecule is CCCNCCNS(=O)(=O)c1ccc2c(c1)CCCC(=O)N2.Cl. The van der Waals surface area contributed by atoms with Crippen LogP contribution in [-0.4, -0.2) is 34.0 Å². The lowest BCUT2D eigenvalue weighted by Crippen LogP contribution is -2.32. The van der Waals surface area contributed by atoms with Crippen molar-refractivity contribution in [3.05, 3.63) is 23.8 Å². The molecule has 0 saturated heterocycles. The maximum atomic E-state index is 12.3. The van der Waals surface area contributed by atoms with E-state index in [1.807, 2.05) is 0 Å². The molecule has 23 heavy (non-hydrogen) atoms. The molecule has 2 rings (SSSR count). The zero-order valence-electron chi connectivity index (χ0n) is 13.2. The van der Waals surface area contributed by atoms with Crippen LogP contribution < -0.4 is 15.4 Å². The molecular weight excluding hydrogens is 338 g/mol. The van der Waals surface area contributed by atoms with E-state index in [1.54, 1.807) is 12.1 Å². The van der Waals surface area contributed by atoms with Gasteiger partial charge in [-0.25, -0.2) is 13.1 Å². The molecule has 0 unspecified atom stereocenters. The van der Waals surface area contributed by atoms with Gasteiger partial charge in [0.25, 0.3) is 0 Å². The van der Waals surface area contributed by atoms with Gasteiger partial charge in [0.2, 0.25) is 15.9 Å². The van der Waals surface area contributed by atoms with Crippen LogP contribution in [0, 0.1) is 0 Å². The van der Waals surface area contributed by atoms with Crippen molar-refractivity contribution < 1.29 is 13.2 Å². The molecule has 0 spiro atoms. The van der Waals surface area contributed by atoms with E-state index >= 15 is 0 Å². The first-order chi connectivity index (χ1) is 10.5. The third-order valence-corrected chi connectivity index (χ3v) is 4.99. The standard InChI is InChI=1S/C15H23N3O3S.ClH/c1-2-8-16-9-10-17-22(20,21)13-6-7-14-12(11-13)4-3-5-15(19)18-14;/h6-7,11,16-17H,2-5,8-10H2,1H3,(H,18,19);1H. The Morgan fingerprint density at radius 1 is 1.17 bits per heavy atom. The number of fused-ring (bicyclic) bond motifs is 1. The van der Waals surface area contributed by atoms with Crippen molar-refractivity contribution in [2.24, 2.45) is 0 Å². The monoisotopic (exact) mass is 361 g/mol.